The summed E-state index contributed by atoms with van der Waals surface area (Å²) in [7, 11) is 0. The van der Waals surface area contributed by atoms with E-state index in [9.17, 15) is 0 Å². The van der Waals surface area contributed by atoms with Crippen LogP contribution in [0.3, 0.4) is 0 Å². The fourth-order valence-electron chi connectivity index (χ4n) is 3.71. The molecule has 5 rings (SSSR count). The lowest BCUT2D eigenvalue weighted by Gasteiger charge is -2.13. The Labute approximate surface area is 153 Å². The lowest BCUT2D eigenvalue weighted by atomic mass is 9.90. The Kier molecular flexibility index (Phi) is 3.54. The minimum absolute atomic E-state index is 1.16. The van der Waals surface area contributed by atoms with Crippen LogP contribution >= 0.6 is 0 Å². The molecule has 0 nitrogen and oxygen atoms in total. The molecule has 0 fully saturated rings. The monoisotopic (exact) mass is 329 g/mol. The number of benzene rings is 5. The molecule has 0 heterocycles. The van der Waals surface area contributed by atoms with E-state index in [0.29, 0.717) is 0 Å². The topological polar surface area (TPSA) is 0 Å². The molecular weight excluding hydrogens is 312 g/mol. The average molecular weight is 329 g/mol. The minimum atomic E-state index is 1.16. The van der Waals surface area contributed by atoms with Crippen LogP contribution in [0.1, 0.15) is 0 Å². The second-order valence-corrected chi connectivity index (χ2v) is 6.54. The Morgan fingerprint density at radius 3 is 1.65 bits per heavy atom. The van der Waals surface area contributed by atoms with Gasteiger partial charge in [0.05, 0.1) is 0 Å². The first-order valence-corrected chi connectivity index (χ1v) is 8.89. The molecule has 1 radical (unpaired) electrons. The third kappa shape index (κ3) is 2.48. The molecule has 0 aliphatic rings. The van der Waals surface area contributed by atoms with Crippen molar-refractivity contribution in [2.75, 3.05) is 0 Å². The average Bonchev–Trinajstić information content (AvgIpc) is 2.72. The Hall–Kier alpha value is -3.38. The van der Waals surface area contributed by atoms with Gasteiger partial charge >= 0.3 is 0 Å². The second kappa shape index (κ2) is 6.16. The number of hydrogen-bond acceptors (Lipinski definition) is 0. The molecule has 0 atom stereocenters. The fraction of sp³-hybridized carbons (Fsp3) is 0. The van der Waals surface area contributed by atoms with Gasteiger partial charge in [-0.2, -0.15) is 0 Å². The Balaban J connectivity index is 1.84. The molecule has 5 aromatic carbocycles. The van der Waals surface area contributed by atoms with Crippen molar-refractivity contribution < 1.29 is 0 Å². The van der Waals surface area contributed by atoms with Crippen molar-refractivity contribution >= 4 is 21.5 Å². The van der Waals surface area contributed by atoms with E-state index in [2.05, 4.69) is 109 Å². The van der Waals surface area contributed by atoms with E-state index in [4.69, 9.17) is 0 Å². The van der Waals surface area contributed by atoms with Crippen LogP contribution in [0.5, 0.6) is 0 Å². The van der Waals surface area contributed by atoms with E-state index >= 15 is 0 Å². The van der Waals surface area contributed by atoms with Gasteiger partial charge in [0, 0.05) is 0 Å². The highest BCUT2D eigenvalue weighted by atomic mass is 14.1. The Morgan fingerprint density at radius 2 is 0.962 bits per heavy atom. The van der Waals surface area contributed by atoms with E-state index in [-0.39, 0.29) is 0 Å². The van der Waals surface area contributed by atoms with Gasteiger partial charge in [0.2, 0.25) is 0 Å². The first-order chi connectivity index (χ1) is 12.9. The molecule has 0 aliphatic heterocycles. The predicted molar refractivity (Wildman–Crippen MR) is 111 cm³/mol. The van der Waals surface area contributed by atoms with Gasteiger partial charge in [0.25, 0.3) is 0 Å². The van der Waals surface area contributed by atoms with Gasteiger partial charge < -0.3 is 0 Å². The van der Waals surface area contributed by atoms with Crippen LogP contribution in [-0.4, -0.2) is 0 Å². The summed E-state index contributed by atoms with van der Waals surface area (Å²) in [5, 5.41) is 4.81. The highest BCUT2D eigenvalue weighted by molar-refractivity contribution is 6.12. The molecule has 0 saturated heterocycles. The predicted octanol–water partition coefficient (Wildman–Crippen LogP) is 7.13. The molecular formula is C26H17. The SMILES string of the molecule is [c]1c2ccccc2c(-c2cccc(-c3ccccc3)c2)c2ccccc12. The summed E-state index contributed by atoms with van der Waals surface area (Å²) in [6, 6.07) is 40.0. The Morgan fingerprint density at radius 1 is 0.423 bits per heavy atom. The summed E-state index contributed by atoms with van der Waals surface area (Å²) in [5.41, 5.74) is 5.01. The van der Waals surface area contributed by atoms with Crippen LogP contribution in [0.25, 0.3) is 43.8 Å². The van der Waals surface area contributed by atoms with Crippen molar-refractivity contribution in [2.45, 2.75) is 0 Å². The molecule has 0 spiro atoms. The third-order valence-corrected chi connectivity index (χ3v) is 4.92. The lowest BCUT2D eigenvalue weighted by molar-refractivity contribution is 1.61. The maximum absolute atomic E-state index is 3.57. The van der Waals surface area contributed by atoms with Crippen molar-refractivity contribution in [3.8, 4) is 22.3 Å². The van der Waals surface area contributed by atoms with E-state index < -0.39 is 0 Å². The highest BCUT2D eigenvalue weighted by Gasteiger charge is 2.10. The van der Waals surface area contributed by atoms with Crippen molar-refractivity contribution in [3.05, 3.63) is 109 Å². The number of hydrogen-bond donors (Lipinski definition) is 0. The minimum Gasteiger partial charge on any atom is -0.0622 e. The summed E-state index contributed by atoms with van der Waals surface area (Å²) in [5.74, 6) is 0. The van der Waals surface area contributed by atoms with E-state index in [0.717, 1.165) is 10.8 Å². The molecule has 0 aromatic heterocycles. The van der Waals surface area contributed by atoms with E-state index in [1.54, 1.807) is 0 Å². The molecule has 0 aliphatic carbocycles. The highest BCUT2D eigenvalue weighted by Crippen LogP contribution is 2.37. The quantitative estimate of drug-likeness (QED) is 0.302. The van der Waals surface area contributed by atoms with Crippen LogP contribution in [0, 0.1) is 6.07 Å². The summed E-state index contributed by atoms with van der Waals surface area (Å²) < 4.78 is 0. The summed E-state index contributed by atoms with van der Waals surface area (Å²) in [6.07, 6.45) is 0. The zero-order valence-corrected chi connectivity index (χ0v) is 14.3. The Bertz CT molecular complexity index is 1160. The molecule has 5 aromatic rings. The van der Waals surface area contributed by atoms with Gasteiger partial charge in [-0.15, -0.1) is 0 Å². The molecule has 0 bridgehead atoms. The van der Waals surface area contributed by atoms with Gasteiger partial charge in [-0.3, -0.25) is 0 Å². The van der Waals surface area contributed by atoms with Crippen molar-refractivity contribution in [1.29, 1.82) is 0 Å². The van der Waals surface area contributed by atoms with Crippen LogP contribution in [-0.2, 0) is 0 Å². The van der Waals surface area contributed by atoms with Crippen molar-refractivity contribution in [3.63, 3.8) is 0 Å². The van der Waals surface area contributed by atoms with Crippen molar-refractivity contribution in [1.82, 2.24) is 0 Å². The van der Waals surface area contributed by atoms with E-state index in [1.165, 1.54) is 33.0 Å². The van der Waals surface area contributed by atoms with Gasteiger partial charge in [0.1, 0.15) is 0 Å². The van der Waals surface area contributed by atoms with Gasteiger partial charge in [0.15, 0.2) is 0 Å². The zero-order valence-electron chi connectivity index (χ0n) is 14.3. The number of rotatable bonds is 2. The van der Waals surface area contributed by atoms with Crippen LogP contribution < -0.4 is 0 Å². The van der Waals surface area contributed by atoms with E-state index in [1.807, 2.05) is 0 Å². The maximum Gasteiger partial charge on any atom is -0.00139 e. The van der Waals surface area contributed by atoms with Crippen LogP contribution in [0.2, 0.25) is 0 Å². The first-order valence-electron chi connectivity index (χ1n) is 8.89. The zero-order chi connectivity index (χ0) is 17.3. The summed E-state index contributed by atoms with van der Waals surface area (Å²) >= 11 is 0. The van der Waals surface area contributed by atoms with Gasteiger partial charge in [-0.05, 0) is 55.9 Å². The summed E-state index contributed by atoms with van der Waals surface area (Å²) in [6.45, 7) is 0. The largest absolute Gasteiger partial charge is 0.0622 e. The summed E-state index contributed by atoms with van der Waals surface area (Å²) in [4.78, 5) is 0. The standard InChI is InChI=1S/C26H17/c1-2-9-19(10-3-1)20-13-8-14-23(17-20)26-24-15-6-4-11-21(24)18-22-12-5-7-16-25(22)26/h1-17H. The third-order valence-electron chi connectivity index (χ3n) is 4.92. The number of fused-ring (bicyclic) bond motifs is 2. The lowest BCUT2D eigenvalue weighted by Crippen LogP contribution is -1.87. The fourth-order valence-corrected chi connectivity index (χ4v) is 3.71. The molecule has 26 heavy (non-hydrogen) atoms. The van der Waals surface area contributed by atoms with Crippen LogP contribution in [0.4, 0.5) is 0 Å². The van der Waals surface area contributed by atoms with Crippen molar-refractivity contribution in [2.24, 2.45) is 0 Å². The molecule has 0 N–H and O–H groups in total. The van der Waals surface area contributed by atoms with Gasteiger partial charge in [-0.1, -0.05) is 97.1 Å². The van der Waals surface area contributed by atoms with Crippen LogP contribution in [0.15, 0.2) is 103 Å². The molecule has 0 saturated carbocycles. The molecule has 0 heteroatoms. The molecule has 121 valence electrons. The smallest absolute Gasteiger partial charge is 0.00139 e. The molecule has 0 amide bonds. The second-order valence-electron chi connectivity index (χ2n) is 6.54. The maximum atomic E-state index is 3.57. The first kappa shape index (κ1) is 14.9. The van der Waals surface area contributed by atoms with Gasteiger partial charge in [-0.25, -0.2) is 0 Å². The molecule has 0 unspecified atom stereocenters. The normalized spacial score (nSPS) is 11.1.